The summed E-state index contributed by atoms with van der Waals surface area (Å²) in [5.74, 6) is -1.37. The number of ether oxygens (including phenoxy) is 1. The molecule has 12 heteroatoms. The van der Waals surface area contributed by atoms with E-state index in [9.17, 15) is 18.0 Å². The third-order valence-electron chi connectivity index (χ3n) is 5.21. The van der Waals surface area contributed by atoms with Gasteiger partial charge in [0.25, 0.3) is 15.9 Å². The van der Waals surface area contributed by atoms with Crippen molar-refractivity contribution in [1.29, 1.82) is 0 Å². The predicted octanol–water partition coefficient (Wildman–Crippen LogP) is 3.41. The highest BCUT2D eigenvalue weighted by atomic mass is 32.2. The number of fused-ring (bicyclic) bond motifs is 1. The molecule has 11 nitrogen and oxygen atoms in total. The molecule has 0 saturated carbocycles. The van der Waals surface area contributed by atoms with E-state index in [2.05, 4.69) is 30.0 Å². The summed E-state index contributed by atoms with van der Waals surface area (Å²) in [5, 5.41) is 2.63. The second-order valence-corrected chi connectivity index (χ2v) is 9.82. The number of amides is 1. The van der Waals surface area contributed by atoms with E-state index < -0.39 is 28.0 Å². The predicted molar refractivity (Wildman–Crippen MR) is 136 cm³/mol. The lowest BCUT2D eigenvalue weighted by Crippen LogP contribution is -2.32. The van der Waals surface area contributed by atoms with Crippen molar-refractivity contribution in [3.63, 3.8) is 0 Å². The molecule has 0 saturated heterocycles. The number of sulfonamides is 1. The van der Waals surface area contributed by atoms with Crippen molar-refractivity contribution in [2.24, 2.45) is 0 Å². The van der Waals surface area contributed by atoms with Crippen LogP contribution in [0, 0.1) is 13.8 Å². The number of esters is 1. The quantitative estimate of drug-likeness (QED) is 0.333. The fourth-order valence-corrected chi connectivity index (χ4v) is 4.40. The summed E-state index contributed by atoms with van der Waals surface area (Å²) in [6, 6.07) is 14.3. The molecule has 1 amide bonds. The zero-order chi connectivity index (χ0) is 26.6. The van der Waals surface area contributed by atoms with Gasteiger partial charge < -0.3 is 10.1 Å². The molecule has 1 unspecified atom stereocenters. The number of carbonyl (C=O) groups excluding carboxylic acids is 2. The molecule has 2 heterocycles. The van der Waals surface area contributed by atoms with Gasteiger partial charge in [-0.05, 0) is 62.7 Å². The topological polar surface area (TPSA) is 153 Å². The second-order valence-electron chi connectivity index (χ2n) is 8.14. The van der Waals surface area contributed by atoms with Crippen molar-refractivity contribution in [1.82, 2.24) is 19.9 Å². The van der Waals surface area contributed by atoms with Gasteiger partial charge in [0.15, 0.2) is 11.8 Å². The Morgan fingerprint density at radius 1 is 0.946 bits per heavy atom. The lowest BCUT2D eigenvalue weighted by molar-refractivity contribution is -0.124. The van der Waals surface area contributed by atoms with Crippen LogP contribution in [0.1, 0.15) is 35.2 Å². The molecule has 37 heavy (non-hydrogen) atoms. The van der Waals surface area contributed by atoms with Crippen molar-refractivity contribution in [3.8, 4) is 0 Å². The van der Waals surface area contributed by atoms with Gasteiger partial charge in [0.1, 0.15) is 0 Å². The Bertz CT molecular complexity index is 1550. The average Bonchev–Trinajstić information content (AvgIpc) is 2.86. The van der Waals surface area contributed by atoms with Gasteiger partial charge in [-0.3, -0.25) is 9.78 Å². The van der Waals surface area contributed by atoms with Crippen molar-refractivity contribution >= 4 is 44.6 Å². The van der Waals surface area contributed by atoms with Gasteiger partial charge in [0.05, 0.1) is 22.1 Å². The average molecular weight is 521 g/mol. The minimum absolute atomic E-state index is 0.0141. The molecular weight excluding hydrogens is 496 g/mol. The van der Waals surface area contributed by atoms with Crippen LogP contribution in [0.5, 0.6) is 0 Å². The smallest absolute Gasteiger partial charge is 0.359 e. The van der Waals surface area contributed by atoms with Gasteiger partial charge in [0, 0.05) is 17.1 Å². The number of hydrogen-bond donors (Lipinski definition) is 2. The monoisotopic (exact) mass is 520 g/mol. The molecule has 2 aromatic carbocycles. The zero-order valence-electron chi connectivity index (χ0n) is 20.3. The first-order valence-electron chi connectivity index (χ1n) is 11.3. The molecule has 0 bridgehead atoms. The third kappa shape index (κ3) is 6.22. The molecule has 0 spiro atoms. The van der Waals surface area contributed by atoms with E-state index in [1.165, 1.54) is 30.5 Å². The molecule has 0 aliphatic rings. The molecule has 0 radical (unpaired) electrons. The first kappa shape index (κ1) is 25.6. The minimum Gasteiger partial charge on any atom is -0.447 e. The van der Waals surface area contributed by atoms with Gasteiger partial charge in [-0.15, -0.1) is 0 Å². The molecule has 0 aliphatic carbocycles. The Kier molecular flexibility index (Phi) is 7.39. The van der Waals surface area contributed by atoms with E-state index in [1.54, 1.807) is 45.0 Å². The first-order chi connectivity index (χ1) is 17.6. The highest BCUT2D eigenvalue weighted by Gasteiger charge is 2.24. The number of rotatable bonds is 8. The second kappa shape index (κ2) is 10.7. The van der Waals surface area contributed by atoms with Gasteiger partial charge in [-0.25, -0.2) is 32.9 Å². The molecule has 2 aromatic heterocycles. The van der Waals surface area contributed by atoms with Crippen LogP contribution in [0.15, 0.2) is 65.7 Å². The SMILES string of the molecule is CCC(OC(=O)c1cnc2ccccc2n1)C(=O)Nc1ccc(S(=O)(=O)Nc2nc(C)cc(C)n2)cc1. The maximum absolute atomic E-state index is 12.7. The number of carbonyl (C=O) groups is 2. The van der Waals surface area contributed by atoms with Crippen LogP contribution < -0.4 is 10.0 Å². The lowest BCUT2D eigenvalue weighted by atomic mass is 10.2. The number of hydrogen-bond acceptors (Lipinski definition) is 9. The summed E-state index contributed by atoms with van der Waals surface area (Å²) in [6.45, 7) is 5.17. The number of nitrogens with one attached hydrogen (secondary N) is 2. The highest BCUT2D eigenvalue weighted by molar-refractivity contribution is 7.92. The van der Waals surface area contributed by atoms with E-state index in [0.29, 0.717) is 28.1 Å². The van der Waals surface area contributed by atoms with Gasteiger partial charge >= 0.3 is 5.97 Å². The molecule has 0 fully saturated rings. The maximum Gasteiger partial charge on any atom is 0.359 e. The number of nitrogens with zero attached hydrogens (tertiary/aromatic N) is 4. The summed E-state index contributed by atoms with van der Waals surface area (Å²) in [7, 11) is -3.95. The minimum atomic E-state index is -3.95. The Morgan fingerprint density at radius 2 is 1.59 bits per heavy atom. The maximum atomic E-state index is 12.7. The van der Waals surface area contributed by atoms with E-state index >= 15 is 0 Å². The first-order valence-corrected chi connectivity index (χ1v) is 12.8. The van der Waals surface area contributed by atoms with Crippen LogP contribution in [0.25, 0.3) is 11.0 Å². The van der Waals surface area contributed by atoms with Gasteiger partial charge in [-0.2, -0.15) is 0 Å². The molecule has 0 aliphatic heterocycles. The molecule has 4 aromatic rings. The summed E-state index contributed by atoms with van der Waals surface area (Å²) in [4.78, 5) is 41.9. The number of para-hydroxylation sites is 2. The Morgan fingerprint density at radius 3 is 2.24 bits per heavy atom. The summed E-state index contributed by atoms with van der Waals surface area (Å²) < 4.78 is 33.1. The Labute approximate surface area is 213 Å². The fraction of sp³-hybridized carbons (Fsp3) is 0.200. The zero-order valence-corrected chi connectivity index (χ0v) is 21.1. The van der Waals surface area contributed by atoms with Crippen LogP contribution in [-0.4, -0.2) is 46.3 Å². The highest BCUT2D eigenvalue weighted by Crippen LogP contribution is 2.18. The van der Waals surface area contributed by atoms with E-state index in [0.717, 1.165) is 0 Å². The third-order valence-corrected chi connectivity index (χ3v) is 6.55. The molecule has 2 N–H and O–H groups in total. The van der Waals surface area contributed by atoms with Gasteiger partial charge in [0.2, 0.25) is 5.95 Å². The summed E-state index contributed by atoms with van der Waals surface area (Å²) in [5.41, 5.74) is 2.73. The van der Waals surface area contributed by atoms with Crippen LogP contribution in [0.2, 0.25) is 0 Å². The van der Waals surface area contributed by atoms with E-state index in [4.69, 9.17) is 4.74 Å². The van der Waals surface area contributed by atoms with Crippen molar-refractivity contribution < 1.29 is 22.7 Å². The molecular formula is C25H24N6O5S. The number of aromatic nitrogens is 4. The van der Waals surface area contributed by atoms with Crippen LogP contribution in [0.4, 0.5) is 11.6 Å². The van der Waals surface area contributed by atoms with Crippen molar-refractivity contribution in [2.45, 2.75) is 38.2 Å². The fourth-order valence-electron chi connectivity index (χ4n) is 3.46. The number of anilines is 2. The lowest BCUT2D eigenvalue weighted by Gasteiger charge is -2.16. The van der Waals surface area contributed by atoms with Crippen molar-refractivity contribution in [3.05, 3.63) is 77.9 Å². The van der Waals surface area contributed by atoms with Crippen LogP contribution in [0.3, 0.4) is 0 Å². The molecule has 190 valence electrons. The Balaban J connectivity index is 1.41. The Hall–Kier alpha value is -4.45. The van der Waals surface area contributed by atoms with E-state index in [-0.39, 0.29) is 23.0 Å². The van der Waals surface area contributed by atoms with Crippen LogP contribution in [-0.2, 0) is 19.6 Å². The van der Waals surface area contributed by atoms with Gasteiger partial charge in [-0.1, -0.05) is 19.1 Å². The molecule has 1 atom stereocenters. The van der Waals surface area contributed by atoms with Crippen LogP contribution >= 0.6 is 0 Å². The normalized spacial score (nSPS) is 12.1. The standard InChI is InChI=1S/C25H24N6O5S/c1-4-22(36-24(33)21-14-26-19-7-5-6-8-20(19)30-21)23(32)29-17-9-11-18(12-10-17)37(34,35)31-25-27-15(2)13-16(3)28-25/h5-14,22H,4H2,1-3H3,(H,29,32)(H,27,28,31). The van der Waals surface area contributed by atoms with E-state index in [1.807, 2.05) is 6.07 Å². The summed E-state index contributed by atoms with van der Waals surface area (Å²) >= 11 is 0. The molecule has 4 rings (SSSR count). The van der Waals surface area contributed by atoms with Crippen molar-refractivity contribution in [2.75, 3.05) is 10.0 Å². The number of benzene rings is 2. The largest absolute Gasteiger partial charge is 0.447 e. The number of aryl methyl sites for hydroxylation is 2. The summed E-state index contributed by atoms with van der Waals surface area (Å²) in [6.07, 6.45) is 0.420.